The van der Waals surface area contributed by atoms with Gasteiger partial charge in [0.15, 0.2) is 0 Å². The van der Waals surface area contributed by atoms with E-state index < -0.39 is 17.1 Å². The van der Waals surface area contributed by atoms with Gasteiger partial charge in [-0.2, -0.15) is 13.2 Å². The van der Waals surface area contributed by atoms with Gasteiger partial charge in [0.25, 0.3) is 0 Å². The van der Waals surface area contributed by atoms with Gasteiger partial charge in [-0.05, 0) is 51.3 Å². The molecular weight excluding hydrogens is 389 g/mol. The van der Waals surface area contributed by atoms with Crippen LogP contribution in [0.5, 0.6) is 0 Å². The van der Waals surface area contributed by atoms with Crippen molar-refractivity contribution in [3.05, 3.63) is 35.4 Å². The number of carbonyl (C=O) groups is 2. The minimum Gasteiger partial charge on any atom is -0.338 e. The maximum atomic E-state index is 13.1. The Balaban J connectivity index is 1.78. The molecule has 154 valence electrons. The standard InChI is InChI=1S/C20H25F3N2O2S/c1-12(2)24(18(27)14-7-8-14)9-10-25-17(26)13(3)28-19(25)15-5-4-6-16(11-15)20(21,22)23/h4-6,11-14,19H,7-10H2,1-3H3/t13-,19-/m0/s1. The minimum atomic E-state index is -4.43. The second-order valence-electron chi connectivity index (χ2n) is 7.69. The molecule has 0 radical (unpaired) electrons. The molecule has 28 heavy (non-hydrogen) atoms. The zero-order valence-electron chi connectivity index (χ0n) is 16.2. The van der Waals surface area contributed by atoms with Crippen LogP contribution in [0, 0.1) is 5.92 Å². The Hall–Kier alpha value is -1.70. The molecule has 2 aliphatic rings. The van der Waals surface area contributed by atoms with Crippen LogP contribution in [-0.2, 0) is 15.8 Å². The third kappa shape index (κ3) is 4.47. The molecule has 1 aliphatic heterocycles. The van der Waals surface area contributed by atoms with E-state index in [0.29, 0.717) is 18.7 Å². The molecule has 1 aliphatic carbocycles. The van der Waals surface area contributed by atoms with Crippen LogP contribution in [0.2, 0.25) is 0 Å². The second-order valence-corrected chi connectivity index (χ2v) is 9.11. The van der Waals surface area contributed by atoms with Crippen molar-refractivity contribution in [2.24, 2.45) is 5.92 Å². The smallest absolute Gasteiger partial charge is 0.338 e. The van der Waals surface area contributed by atoms with E-state index in [4.69, 9.17) is 0 Å². The van der Waals surface area contributed by atoms with Gasteiger partial charge >= 0.3 is 6.18 Å². The van der Waals surface area contributed by atoms with Crippen LogP contribution in [0.3, 0.4) is 0 Å². The molecule has 1 aromatic rings. The number of benzene rings is 1. The van der Waals surface area contributed by atoms with Gasteiger partial charge in [-0.1, -0.05) is 12.1 Å². The Morgan fingerprint density at radius 2 is 2.00 bits per heavy atom. The summed E-state index contributed by atoms with van der Waals surface area (Å²) in [6.45, 7) is 6.35. The Morgan fingerprint density at radius 3 is 2.57 bits per heavy atom. The Kier molecular flexibility index (Phi) is 5.98. The van der Waals surface area contributed by atoms with E-state index in [2.05, 4.69) is 0 Å². The molecule has 1 heterocycles. The number of thioether (sulfide) groups is 1. The largest absolute Gasteiger partial charge is 0.416 e. The number of amides is 2. The summed E-state index contributed by atoms with van der Waals surface area (Å²) in [5, 5.41) is -0.805. The molecule has 0 bridgehead atoms. The first-order chi connectivity index (χ1) is 13.1. The molecular formula is C20H25F3N2O2S. The summed E-state index contributed by atoms with van der Waals surface area (Å²) < 4.78 is 39.3. The fraction of sp³-hybridized carbons (Fsp3) is 0.600. The number of halogens is 3. The van der Waals surface area contributed by atoms with Gasteiger partial charge in [0.1, 0.15) is 5.37 Å². The average Bonchev–Trinajstić information content (AvgIpc) is 3.43. The number of nitrogens with zero attached hydrogens (tertiary/aromatic N) is 2. The predicted octanol–water partition coefficient (Wildman–Crippen LogP) is 4.31. The highest BCUT2D eigenvalue weighted by atomic mass is 32.2. The fourth-order valence-electron chi connectivity index (χ4n) is 3.43. The molecule has 0 spiro atoms. The molecule has 8 heteroatoms. The molecule has 3 rings (SSSR count). The van der Waals surface area contributed by atoms with Gasteiger partial charge < -0.3 is 9.80 Å². The predicted molar refractivity (Wildman–Crippen MR) is 103 cm³/mol. The normalized spacial score (nSPS) is 22.8. The quantitative estimate of drug-likeness (QED) is 0.696. The molecule has 0 unspecified atom stereocenters. The van der Waals surface area contributed by atoms with Gasteiger partial charge in [0, 0.05) is 25.0 Å². The van der Waals surface area contributed by atoms with E-state index in [-0.39, 0.29) is 29.0 Å². The van der Waals surface area contributed by atoms with E-state index in [1.807, 2.05) is 13.8 Å². The number of alkyl halides is 3. The average molecular weight is 414 g/mol. The molecule has 2 fully saturated rings. The van der Waals surface area contributed by atoms with Crippen LogP contribution >= 0.6 is 11.8 Å². The van der Waals surface area contributed by atoms with Crippen molar-refractivity contribution in [2.75, 3.05) is 13.1 Å². The molecule has 1 aromatic carbocycles. The zero-order chi connectivity index (χ0) is 20.6. The summed E-state index contributed by atoms with van der Waals surface area (Å²) in [4.78, 5) is 28.5. The summed E-state index contributed by atoms with van der Waals surface area (Å²) in [7, 11) is 0. The Bertz CT molecular complexity index is 749. The highest BCUT2D eigenvalue weighted by Crippen LogP contribution is 2.44. The molecule has 2 amide bonds. The summed E-state index contributed by atoms with van der Waals surface area (Å²) in [6.07, 6.45) is -2.61. The van der Waals surface area contributed by atoms with Crippen LogP contribution in [0.1, 0.15) is 50.1 Å². The van der Waals surface area contributed by atoms with Crippen molar-refractivity contribution in [3.8, 4) is 0 Å². The molecule has 4 nitrogen and oxygen atoms in total. The molecule has 0 N–H and O–H groups in total. The van der Waals surface area contributed by atoms with Crippen molar-refractivity contribution in [1.29, 1.82) is 0 Å². The lowest BCUT2D eigenvalue weighted by atomic mass is 10.1. The first-order valence-corrected chi connectivity index (χ1v) is 10.5. The van der Waals surface area contributed by atoms with Gasteiger partial charge in [-0.3, -0.25) is 9.59 Å². The summed E-state index contributed by atoms with van der Waals surface area (Å²) in [5.41, 5.74) is -0.257. The van der Waals surface area contributed by atoms with E-state index in [0.717, 1.165) is 25.0 Å². The highest BCUT2D eigenvalue weighted by molar-refractivity contribution is 8.01. The molecule has 2 atom stereocenters. The Morgan fingerprint density at radius 1 is 1.32 bits per heavy atom. The van der Waals surface area contributed by atoms with E-state index in [1.165, 1.54) is 17.8 Å². The van der Waals surface area contributed by atoms with Crippen LogP contribution in [0.4, 0.5) is 13.2 Å². The number of hydrogen-bond acceptors (Lipinski definition) is 3. The fourth-order valence-corrected chi connectivity index (χ4v) is 4.73. The van der Waals surface area contributed by atoms with E-state index >= 15 is 0 Å². The van der Waals surface area contributed by atoms with Crippen molar-refractivity contribution in [1.82, 2.24) is 9.80 Å². The van der Waals surface area contributed by atoms with Crippen molar-refractivity contribution in [3.63, 3.8) is 0 Å². The molecule has 0 aromatic heterocycles. The first-order valence-electron chi connectivity index (χ1n) is 9.53. The van der Waals surface area contributed by atoms with Crippen molar-refractivity contribution in [2.45, 2.75) is 56.5 Å². The van der Waals surface area contributed by atoms with Crippen LogP contribution in [-0.4, -0.2) is 46.0 Å². The van der Waals surface area contributed by atoms with Gasteiger partial charge in [-0.25, -0.2) is 0 Å². The topological polar surface area (TPSA) is 40.6 Å². The molecule has 1 saturated carbocycles. The number of rotatable bonds is 6. The third-order valence-corrected chi connectivity index (χ3v) is 6.56. The maximum absolute atomic E-state index is 13.1. The summed E-state index contributed by atoms with van der Waals surface area (Å²) in [5.74, 6) is 0.0946. The minimum absolute atomic E-state index is 0.0166. The Labute approximate surface area is 167 Å². The number of hydrogen-bond donors (Lipinski definition) is 0. The monoisotopic (exact) mass is 414 g/mol. The van der Waals surface area contributed by atoms with E-state index in [9.17, 15) is 22.8 Å². The van der Waals surface area contributed by atoms with Gasteiger partial charge in [0.2, 0.25) is 11.8 Å². The number of carbonyl (C=O) groups excluding carboxylic acids is 2. The molecule has 1 saturated heterocycles. The van der Waals surface area contributed by atoms with Crippen molar-refractivity contribution < 1.29 is 22.8 Å². The van der Waals surface area contributed by atoms with Gasteiger partial charge in [0.05, 0.1) is 10.8 Å². The lowest BCUT2D eigenvalue weighted by Crippen LogP contribution is -2.44. The lowest BCUT2D eigenvalue weighted by Gasteiger charge is -2.31. The van der Waals surface area contributed by atoms with E-state index in [1.54, 1.807) is 22.8 Å². The lowest BCUT2D eigenvalue weighted by molar-refractivity contribution is -0.138. The summed E-state index contributed by atoms with van der Waals surface area (Å²) in [6, 6.07) is 5.17. The third-order valence-electron chi connectivity index (χ3n) is 5.16. The van der Waals surface area contributed by atoms with Crippen molar-refractivity contribution >= 4 is 23.6 Å². The van der Waals surface area contributed by atoms with Crippen LogP contribution < -0.4 is 0 Å². The van der Waals surface area contributed by atoms with Gasteiger partial charge in [-0.15, -0.1) is 11.8 Å². The van der Waals surface area contributed by atoms with Crippen LogP contribution in [0.15, 0.2) is 24.3 Å². The van der Waals surface area contributed by atoms with Crippen LogP contribution in [0.25, 0.3) is 0 Å². The maximum Gasteiger partial charge on any atom is 0.416 e. The SMILES string of the molecule is CC(C)N(CCN1C(=O)[C@H](C)S[C@H]1c1cccc(C(F)(F)F)c1)C(=O)C1CC1. The first kappa shape index (κ1) is 21.0. The zero-order valence-corrected chi connectivity index (χ0v) is 17.0. The second kappa shape index (κ2) is 7.97. The summed E-state index contributed by atoms with van der Waals surface area (Å²) >= 11 is 1.35. The highest BCUT2D eigenvalue weighted by Gasteiger charge is 2.41.